The number of pyridine rings is 1. The smallest absolute Gasteiger partial charge is 0.146 e. The van der Waals surface area contributed by atoms with Crippen LogP contribution in [0.4, 0.5) is 5.82 Å². The third kappa shape index (κ3) is 2.74. The lowest BCUT2D eigenvalue weighted by Crippen LogP contribution is -2.34. The zero-order valence-electron chi connectivity index (χ0n) is 10.5. The maximum absolute atomic E-state index is 8.90. The number of anilines is 1. The molecule has 0 amide bonds. The normalized spacial score (nSPS) is 19.7. The van der Waals surface area contributed by atoms with E-state index in [0.717, 1.165) is 13.1 Å². The standard InChI is InChI=1S/C13H17ClN4/c1-2-18-7-3-4-11(18)9-17-13-12(14)10(8-15)5-6-16-13/h5-6,11H,2-4,7,9H2,1H3,(H,16,17). The van der Waals surface area contributed by atoms with Crippen LogP contribution in [0, 0.1) is 11.3 Å². The van der Waals surface area contributed by atoms with Crippen LogP contribution in [-0.4, -0.2) is 35.6 Å². The summed E-state index contributed by atoms with van der Waals surface area (Å²) in [5.74, 6) is 0.610. The van der Waals surface area contributed by atoms with Gasteiger partial charge in [-0.3, -0.25) is 4.90 Å². The van der Waals surface area contributed by atoms with Crippen molar-refractivity contribution in [3.8, 4) is 6.07 Å². The van der Waals surface area contributed by atoms with E-state index in [1.165, 1.54) is 19.4 Å². The Morgan fingerprint density at radius 3 is 3.22 bits per heavy atom. The molecule has 2 rings (SSSR count). The van der Waals surface area contributed by atoms with Gasteiger partial charge in [0, 0.05) is 18.8 Å². The molecule has 0 bridgehead atoms. The molecule has 96 valence electrons. The van der Waals surface area contributed by atoms with Crippen LogP contribution in [0.1, 0.15) is 25.3 Å². The number of nitriles is 1. The number of aromatic nitrogens is 1. The Morgan fingerprint density at radius 1 is 1.67 bits per heavy atom. The Balaban J connectivity index is 2.00. The lowest BCUT2D eigenvalue weighted by atomic mass is 10.2. The molecule has 0 radical (unpaired) electrons. The third-order valence-electron chi connectivity index (χ3n) is 3.42. The zero-order valence-corrected chi connectivity index (χ0v) is 11.2. The molecule has 1 aromatic rings. The van der Waals surface area contributed by atoms with E-state index in [-0.39, 0.29) is 0 Å². The third-order valence-corrected chi connectivity index (χ3v) is 3.80. The van der Waals surface area contributed by atoms with Gasteiger partial charge in [0.25, 0.3) is 0 Å². The summed E-state index contributed by atoms with van der Waals surface area (Å²) in [7, 11) is 0. The van der Waals surface area contributed by atoms with Crippen LogP contribution in [0.5, 0.6) is 0 Å². The molecule has 1 aliphatic rings. The predicted octanol–water partition coefficient (Wildman–Crippen LogP) is 2.50. The summed E-state index contributed by atoms with van der Waals surface area (Å²) in [4.78, 5) is 6.64. The molecule has 2 heterocycles. The van der Waals surface area contributed by atoms with E-state index in [4.69, 9.17) is 16.9 Å². The minimum atomic E-state index is 0.418. The summed E-state index contributed by atoms with van der Waals surface area (Å²) >= 11 is 6.10. The molecule has 18 heavy (non-hydrogen) atoms. The van der Waals surface area contributed by atoms with Gasteiger partial charge in [0.2, 0.25) is 0 Å². The number of hydrogen-bond acceptors (Lipinski definition) is 4. The van der Waals surface area contributed by atoms with Gasteiger partial charge in [0.15, 0.2) is 0 Å². The summed E-state index contributed by atoms with van der Waals surface area (Å²) < 4.78 is 0. The van der Waals surface area contributed by atoms with Crippen molar-refractivity contribution in [1.29, 1.82) is 5.26 Å². The van der Waals surface area contributed by atoms with E-state index in [2.05, 4.69) is 28.2 Å². The Kier molecular flexibility index (Phi) is 4.40. The molecule has 1 saturated heterocycles. The lowest BCUT2D eigenvalue weighted by molar-refractivity contribution is 0.277. The van der Waals surface area contributed by atoms with Crippen LogP contribution in [0.15, 0.2) is 12.3 Å². The van der Waals surface area contributed by atoms with E-state index >= 15 is 0 Å². The van der Waals surface area contributed by atoms with Gasteiger partial charge in [0.05, 0.1) is 5.56 Å². The molecular formula is C13H17ClN4. The van der Waals surface area contributed by atoms with Crippen molar-refractivity contribution in [3.63, 3.8) is 0 Å². The minimum absolute atomic E-state index is 0.418. The highest BCUT2D eigenvalue weighted by Crippen LogP contribution is 2.24. The molecule has 5 heteroatoms. The first-order valence-electron chi connectivity index (χ1n) is 6.28. The first kappa shape index (κ1) is 13.1. The van der Waals surface area contributed by atoms with Crippen LogP contribution in [0.25, 0.3) is 0 Å². The molecule has 1 fully saturated rings. The quantitative estimate of drug-likeness (QED) is 0.908. The van der Waals surface area contributed by atoms with Gasteiger partial charge in [-0.15, -0.1) is 0 Å². The SMILES string of the molecule is CCN1CCCC1CNc1nccc(C#N)c1Cl. The van der Waals surface area contributed by atoms with Crippen LogP contribution >= 0.6 is 11.6 Å². The molecule has 1 aliphatic heterocycles. The topological polar surface area (TPSA) is 52.0 Å². The molecule has 0 aliphatic carbocycles. The van der Waals surface area contributed by atoms with E-state index in [9.17, 15) is 0 Å². The molecule has 1 aromatic heterocycles. The van der Waals surface area contributed by atoms with E-state index in [0.29, 0.717) is 22.4 Å². The van der Waals surface area contributed by atoms with Crippen LogP contribution in [0.2, 0.25) is 5.02 Å². The molecule has 1 N–H and O–H groups in total. The number of likely N-dealkylation sites (N-methyl/N-ethyl adjacent to an activating group) is 1. The van der Waals surface area contributed by atoms with Gasteiger partial charge in [-0.2, -0.15) is 5.26 Å². The van der Waals surface area contributed by atoms with E-state index < -0.39 is 0 Å². The summed E-state index contributed by atoms with van der Waals surface area (Å²) in [6.07, 6.45) is 4.06. The molecular weight excluding hydrogens is 248 g/mol. The highest BCUT2D eigenvalue weighted by atomic mass is 35.5. The number of likely N-dealkylation sites (tertiary alicyclic amines) is 1. The Morgan fingerprint density at radius 2 is 2.50 bits per heavy atom. The first-order chi connectivity index (χ1) is 8.76. The van der Waals surface area contributed by atoms with E-state index in [1.54, 1.807) is 12.3 Å². The summed E-state index contributed by atoms with van der Waals surface area (Å²) in [6.45, 7) is 5.25. The Bertz CT molecular complexity index is 455. The fraction of sp³-hybridized carbons (Fsp3) is 0.538. The number of hydrogen-bond donors (Lipinski definition) is 1. The van der Waals surface area contributed by atoms with Gasteiger partial charge in [-0.25, -0.2) is 4.98 Å². The maximum atomic E-state index is 8.90. The highest BCUT2D eigenvalue weighted by molar-refractivity contribution is 6.34. The second-order valence-electron chi connectivity index (χ2n) is 4.44. The number of nitrogens with one attached hydrogen (secondary N) is 1. The fourth-order valence-electron chi connectivity index (χ4n) is 2.41. The summed E-state index contributed by atoms with van der Waals surface area (Å²) in [5, 5.41) is 12.6. The predicted molar refractivity (Wildman–Crippen MR) is 72.7 cm³/mol. The van der Waals surface area contributed by atoms with Crippen molar-refractivity contribution < 1.29 is 0 Å². The fourth-order valence-corrected chi connectivity index (χ4v) is 2.63. The maximum Gasteiger partial charge on any atom is 0.146 e. The average molecular weight is 265 g/mol. The average Bonchev–Trinajstić information content (AvgIpc) is 2.85. The molecule has 0 saturated carbocycles. The second-order valence-corrected chi connectivity index (χ2v) is 4.82. The summed E-state index contributed by atoms with van der Waals surface area (Å²) in [6, 6.07) is 4.23. The van der Waals surface area contributed by atoms with Gasteiger partial charge in [-0.1, -0.05) is 18.5 Å². The molecule has 4 nitrogen and oxygen atoms in total. The largest absolute Gasteiger partial charge is 0.367 e. The van der Waals surface area contributed by atoms with Gasteiger partial charge in [0.1, 0.15) is 16.9 Å². The van der Waals surface area contributed by atoms with Gasteiger partial charge < -0.3 is 5.32 Å². The minimum Gasteiger partial charge on any atom is -0.367 e. The van der Waals surface area contributed by atoms with Crippen LogP contribution in [0.3, 0.4) is 0 Å². The number of halogens is 1. The van der Waals surface area contributed by atoms with Crippen LogP contribution < -0.4 is 5.32 Å². The molecule has 0 spiro atoms. The van der Waals surface area contributed by atoms with Crippen molar-refractivity contribution in [1.82, 2.24) is 9.88 Å². The Labute approximate surface area is 113 Å². The van der Waals surface area contributed by atoms with Crippen molar-refractivity contribution in [2.24, 2.45) is 0 Å². The number of rotatable bonds is 4. The summed E-state index contributed by atoms with van der Waals surface area (Å²) in [5.41, 5.74) is 0.466. The van der Waals surface area contributed by atoms with E-state index in [1.807, 2.05) is 0 Å². The van der Waals surface area contributed by atoms with Crippen molar-refractivity contribution in [3.05, 3.63) is 22.8 Å². The highest BCUT2D eigenvalue weighted by Gasteiger charge is 2.22. The monoisotopic (exact) mass is 264 g/mol. The van der Waals surface area contributed by atoms with Crippen LogP contribution in [-0.2, 0) is 0 Å². The molecule has 1 atom stereocenters. The second kappa shape index (κ2) is 6.03. The molecule has 0 aromatic carbocycles. The van der Waals surface area contributed by atoms with Gasteiger partial charge >= 0.3 is 0 Å². The first-order valence-corrected chi connectivity index (χ1v) is 6.66. The van der Waals surface area contributed by atoms with Gasteiger partial charge in [-0.05, 0) is 32.0 Å². The van der Waals surface area contributed by atoms with Crippen molar-refractivity contribution >= 4 is 17.4 Å². The lowest BCUT2D eigenvalue weighted by Gasteiger charge is -2.23. The molecule has 1 unspecified atom stereocenters. The van der Waals surface area contributed by atoms with Crippen molar-refractivity contribution in [2.75, 3.05) is 25.0 Å². The number of nitrogens with zero attached hydrogens (tertiary/aromatic N) is 3. The zero-order chi connectivity index (χ0) is 13.0. The van der Waals surface area contributed by atoms with Crippen molar-refractivity contribution in [2.45, 2.75) is 25.8 Å². The Hall–Kier alpha value is -1.31.